The van der Waals surface area contributed by atoms with Gasteiger partial charge in [0.05, 0.1) is 5.56 Å². The Morgan fingerprint density at radius 3 is 2.68 bits per heavy atom. The quantitative estimate of drug-likeness (QED) is 0.822. The molecule has 1 unspecified atom stereocenters. The van der Waals surface area contributed by atoms with Crippen molar-refractivity contribution in [2.24, 2.45) is 0 Å². The Morgan fingerprint density at radius 1 is 1.37 bits per heavy atom. The Balaban J connectivity index is 2.46. The van der Waals surface area contributed by atoms with Crippen LogP contribution in [0.3, 0.4) is 0 Å². The van der Waals surface area contributed by atoms with Gasteiger partial charge in [-0.1, -0.05) is 31.2 Å². The lowest BCUT2D eigenvalue weighted by atomic mass is 10.1. The van der Waals surface area contributed by atoms with Crippen molar-refractivity contribution in [1.82, 2.24) is 4.98 Å². The minimum absolute atomic E-state index is 0.138. The molecule has 0 saturated carbocycles. The summed E-state index contributed by atoms with van der Waals surface area (Å²) in [6, 6.07) is 7.36. The van der Waals surface area contributed by atoms with Crippen molar-refractivity contribution in [2.75, 3.05) is 6.61 Å². The summed E-state index contributed by atoms with van der Waals surface area (Å²) >= 11 is 1.55. The summed E-state index contributed by atoms with van der Waals surface area (Å²) in [6.07, 6.45) is 2.08. The van der Waals surface area contributed by atoms with Gasteiger partial charge >= 0.3 is 5.97 Å². The minimum atomic E-state index is -0.969. The number of fused-ring (bicyclic) bond motifs is 1. The molecule has 1 aromatic heterocycles. The Bertz CT molecular complexity index is 600. The van der Waals surface area contributed by atoms with Crippen LogP contribution in [0.1, 0.15) is 23.7 Å². The van der Waals surface area contributed by atoms with Gasteiger partial charge in [0.15, 0.2) is 0 Å². The van der Waals surface area contributed by atoms with Crippen molar-refractivity contribution in [1.29, 1.82) is 0 Å². The number of rotatable bonds is 5. The van der Waals surface area contributed by atoms with Crippen LogP contribution in [-0.4, -0.2) is 33.0 Å². The number of aromatic nitrogens is 1. The summed E-state index contributed by atoms with van der Waals surface area (Å²) < 4.78 is 0. The van der Waals surface area contributed by atoms with Crippen molar-refractivity contribution in [3.8, 4) is 0 Å². The van der Waals surface area contributed by atoms with Crippen molar-refractivity contribution >= 4 is 28.5 Å². The Kier molecular flexibility index (Phi) is 4.39. The van der Waals surface area contributed by atoms with Gasteiger partial charge in [-0.05, 0) is 6.42 Å². The van der Waals surface area contributed by atoms with Crippen LogP contribution in [0.15, 0.2) is 35.5 Å². The highest BCUT2D eigenvalue weighted by molar-refractivity contribution is 8.00. The first-order chi connectivity index (χ1) is 9.13. The van der Waals surface area contributed by atoms with E-state index in [2.05, 4.69) is 4.98 Å². The maximum absolute atomic E-state index is 11.2. The zero-order valence-electron chi connectivity index (χ0n) is 10.5. The number of carboxylic acid groups (broad SMARTS) is 1. The monoisotopic (exact) mass is 277 g/mol. The lowest BCUT2D eigenvalue weighted by Crippen LogP contribution is -2.03. The summed E-state index contributed by atoms with van der Waals surface area (Å²) in [5, 5.41) is 20.7. The average Bonchev–Trinajstić information content (AvgIpc) is 2.39. The summed E-state index contributed by atoms with van der Waals surface area (Å²) in [5.41, 5.74) is 0.217. The van der Waals surface area contributed by atoms with Crippen molar-refractivity contribution in [3.63, 3.8) is 0 Å². The first-order valence-corrected chi connectivity index (χ1v) is 6.90. The van der Waals surface area contributed by atoms with Crippen LogP contribution in [0.4, 0.5) is 0 Å². The van der Waals surface area contributed by atoms with E-state index in [1.54, 1.807) is 17.8 Å². The maximum Gasteiger partial charge on any atom is 0.337 e. The molecule has 0 spiro atoms. The number of carbonyl (C=O) groups is 1. The van der Waals surface area contributed by atoms with E-state index < -0.39 is 5.97 Å². The zero-order valence-corrected chi connectivity index (χ0v) is 11.4. The van der Waals surface area contributed by atoms with E-state index >= 15 is 0 Å². The van der Waals surface area contributed by atoms with Gasteiger partial charge in [0.25, 0.3) is 0 Å². The van der Waals surface area contributed by atoms with Gasteiger partial charge in [0.2, 0.25) is 0 Å². The van der Waals surface area contributed by atoms with Crippen LogP contribution in [-0.2, 0) is 0 Å². The van der Waals surface area contributed by atoms with Gasteiger partial charge in [-0.25, -0.2) is 9.78 Å². The number of carboxylic acids is 1. The van der Waals surface area contributed by atoms with Crippen LogP contribution >= 0.6 is 11.8 Å². The number of nitrogens with zero attached hydrogens (tertiary/aromatic N) is 1. The van der Waals surface area contributed by atoms with Gasteiger partial charge in [0, 0.05) is 28.8 Å². The van der Waals surface area contributed by atoms with Gasteiger partial charge in [-0.2, -0.15) is 0 Å². The number of hydrogen-bond acceptors (Lipinski definition) is 4. The first kappa shape index (κ1) is 13.8. The highest BCUT2D eigenvalue weighted by atomic mass is 32.2. The number of pyridine rings is 1. The number of hydrogen-bond donors (Lipinski definition) is 2. The molecule has 1 atom stereocenters. The standard InChI is InChI=1S/C14H15NO3S/c1-9(6-7-16)19-13-11-5-3-2-4-10(11)12(8-15-13)14(17)18/h2-5,8-9,16H,6-7H2,1H3,(H,17,18). The first-order valence-electron chi connectivity index (χ1n) is 6.02. The molecule has 0 bridgehead atoms. The molecule has 0 amide bonds. The molecule has 1 heterocycles. The van der Waals surface area contributed by atoms with E-state index in [-0.39, 0.29) is 17.4 Å². The predicted molar refractivity (Wildman–Crippen MR) is 75.7 cm³/mol. The molecule has 0 aliphatic heterocycles. The summed E-state index contributed by atoms with van der Waals surface area (Å²) in [7, 11) is 0. The van der Waals surface area contributed by atoms with Gasteiger partial charge in [-0.15, -0.1) is 11.8 Å². The molecule has 2 rings (SSSR count). The third kappa shape index (κ3) is 3.05. The second-order valence-corrected chi connectivity index (χ2v) is 5.70. The van der Waals surface area contributed by atoms with Crippen LogP contribution in [0, 0.1) is 0 Å². The lowest BCUT2D eigenvalue weighted by molar-refractivity contribution is 0.0698. The fraction of sp³-hybridized carbons (Fsp3) is 0.286. The van der Waals surface area contributed by atoms with Gasteiger partial charge in [-0.3, -0.25) is 0 Å². The highest BCUT2D eigenvalue weighted by Gasteiger charge is 2.14. The molecule has 5 heteroatoms. The third-order valence-electron chi connectivity index (χ3n) is 2.84. The Morgan fingerprint density at radius 2 is 2.05 bits per heavy atom. The van der Waals surface area contributed by atoms with Crippen LogP contribution in [0.2, 0.25) is 0 Å². The number of aromatic carboxylic acids is 1. The van der Waals surface area contributed by atoms with E-state index in [4.69, 9.17) is 10.2 Å². The van der Waals surface area contributed by atoms with Crippen LogP contribution < -0.4 is 0 Å². The van der Waals surface area contributed by atoms with E-state index in [0.29, 0.717) is 11.8 Å². The maximum atomic E-state index is 11.2. The average molecular weight is 277 g/mol. The molecule has 2 N–H and O–H groups in total. The molecule has 0 aliphatic rings. The summed E-state index contributed by atoms with van der Waals surface area (Å²) in [4.78, 5) is 15.4. The fourth-order valence-electron chi connectivity index (χ4n) is 1.86. The molecule has 4 nitrogen and oxygen atoms in total. The molecule has 19 heavy (non-hydrogen) atoms. The largest absolute Gasteiger partial charge is 0.478 e. The number of aliphatic hydroxyl groups excluding tert-OH is 1. The molecule has 1 aromatic carbocycles. The van der Waals surface area contributed by atoms with Crippen LogP contribution in [0.25, 0.3) is 10.8 Å². The Labute approximate surface area is 115 Å². The van der Waals surface area contributed by atoms with E-state index in [1.807, 2.05) is 25.1 Å². The molecular formula is C14H15NO3S. The van der Waals surface area contributed by atoms with Gasteiger partial charge in [0.1, 0.15) is 5.03 Å². The van der Waals surface area contributed by atoms with Gasteiger partial charge < -0.3 is 10.2 Å². The molecule has 0 saturated heterocycles. The highest BCUT2D eigenvalue weighted by Crippen LogP contribution is 2.31. The summed E-state index contributed by atoms with van der Waals surface area (Å²) in [6.45, 7) is 2.15. The number of thioether (sulfide) groups is 1. The Hall–Kier alpha value is -1.59. The fourth-order valence-corrected chi connectivity index (χ4v) is 2.89. The SMILES string of the molecule is CC(CCO)Sc1ncc(C(=O)O)c2ccccc12. The molecule has 2 aromatic rings. The number of benzene rings is 1. The minimum Gasteiger partial charge on any atom is -0.478 e. The molecule has 0 fully saturated rings. The smallest absolute Gasteiger partial charge is 0.337 e. The molecule has 0 aliphatic carbocycles. The van der Waals surface area contributed by atoms with Crippen molar-refractivity contribution < 1.29 is 15.0 Å². The van der Waals surface area contributed by atoms with Crippen LogP contribution in [0.5, 0.6) is 0 Å². The second kappa shape index (κ2) is 6.04. The van der Waals surface area contributed by atoms with E-state index in [9.17, 15) is 4.79 Å². The van der Waals surface area contributed by atoms with Crippen molar-refractivity contribution in [3.05, 3.63) is 36.0 Å². The zero-order chi connectivity index (χ0) is 13.8. The van der Waals surface area contributed by atoms with Crippen molar-refractivity contribution in [2.45, 2.75) is 23.6 Å². The molecule has 100 valence electrons. The molecule has 0 radical (unpaired) electrons. The second-order valence-electron chi connectivity index (χ2n) is 4.27. The normalized spacial score (nSPS) is 12.5. The number of aliphatic hydroxyl groups is 1. The molecular weight excluding hydrogens is 262 g/mol. The third-order valence-corrected chi connectivity index (χ3v) is 4.02. The van der Waals surface area contributed by atoms with E-state index in [0.717, 1.165) is 10.4 Å². The summed E-state index contributed by atoms with van der Waals surface area (Å²) in [5.74, 6) is -0.969. The van der Waals surface area contributed by atoms with E-state index in [1.165, 1.54) is 6.20 Å². The topological polar surface area (TPSA) is 70.4 Å². The predicted octanol–water partition coefficient (Wildman–Crippen LogP) is 2.80. The lowest BCUT2D eigenvalue weighted by Gasteiger charge is -2.11.